The van der Waals surface area contributed by atoms with Gasteiger partial charge in [0.25, 0.3) is 0 Å². The highest BCUT2D eigenvalue weighted by Crippen LogP contribution is 2.17. The van der Waals surface area contributed by atoms with Crippen molar-refractivity contribution < 1.29 is 4.79 Å². The van der Waals surface area contributed by atoms with Crippen molar-refractivity contribution in [1.29, 1.82) is 0 Å². The molecule has 0 aromatic carbocycles. The SMILES string of the molecule is CC(CN)NC(=O)CC1CCN(C)C1. The molecule has 4 heteroatoms. The Hall–Kier alpha value is -0.610. The van der Waals surface area contributed by atoms with E-state index in [1.165, 1.54) is 0 Å². The first-order valence-corrected chi connectivity index (χ1v) is 5.29. The summed E-state index contributed by atoms with van der Waals surface area (Å²) in [6.45, 7) is 4.60. The molecule has 0 radical (unpaired) electrons. The number of nitrogens with two attached hydrogens (primary N) is 1. The Morgan fingerprint density at radius 3 is 2.93 bits per heavy atom. The quantitative estimate of drug-likeness (QED) is 0.659. The van der Waals surface area contributed by atoms with E-state index in [1.54, 1.807) is 0 Å². The lowest BCUT2D eigenvalue weighted by Gasteiger charge is -2.14. The maximum atomic E-state index is 11.5. The van der Waals surface area contributed by atoms with Gasteiger partial charge >= 0.3 is 0 Å². The zero-order valence-electron chi connectivity index (χ0n) is 9.12. The van der Waals surface area contributed by atoms with E-state index >= 15 is 0 Å². The summed E-state index contributed by atoms with van der Waals surface area (Å²) in [6, 6.07) is 0.0987. The standard InChI is InChI=1S/C10H21N3O/c1-8(6-11)12-10(14)5-9-3-4-13(2)7-9/h8-9H,3-7,11H2,1-2H3,(H,12,14). The van der Waals surface area contributed by atoms with Gasteiger partial charge in [0.1, 0.15) is 0 Å². The van der Waals surface area contributed by atoms with Crippen LogP contribution in [0.5, 0.6) is 0 Å². The monoisotopic (exact) mass is 199 g/mol. The molecule has 2 unspecified atom stereocenters. The second kappa shape index (κ2) is 5.32. The maximum Gasteiger partial charge on any atom is 0.220 e. The zero-order chi connectivity index (χ0) is 10.6. The van der Waals surface area contributed by atoms with Gasteiger partial charge in [-0.05, 0) is 32.9 Å². The molecule has 1 aliphatic heterocycles. The van der Waals surface area contributed by atoms with E-state index < -0.39 is 0 Å². The van der Waals surface area contributed by atoms with Gasteiger partial charge in [0, 0.05) is 25.6 Å². The highest BCUT2D eigenvalue weighted by atomic mass is 16.1. The fourth-order valence-corrected chi connectivity index (χ4v) is 1.85. The topological polar surface area (TPSA) is 58.4 Å². The Morgan fingerprint density at radius 2 is 2.43 bits per heavy atom. The van der Waals surface area contributed by atoms with E-state index in [4.69, 9.17) is 5.73 Å². The van der Waals surface area contributed by atoms with Crippen LogP contribution in [0.15, 0.2) is 0 Å². The molecule has 0 aliphatic carbocycles. The first-order chi connectivity index (χ1) is 6.61. The molecule has 0 saturated carbocycles. The number of hydrogen-bond acceptors (Lipinski definition) is 3. The molecule has 0 aromatic rings. The van der Waals surface area contributed by atoms with Crippen molar-refractivity contribution in [3.8, 4) is 0 Å². The summed E-state index contributed by atoms with van der Waals surface area (Å²) < 4.78 is 0. The molecule has 1 amide bonds. The van der Waals surface area contributed by atoms with Crippen molar-refractivity contribution in [3.05, 3.63) is 0 Å². The molecule has 0 bridgehead atoms. The Kier molecular flexibility index (Phi) is 4.35. The van der Waals surface area contributed by atoms with Gasteiger partial charge in [0.05, 0.1) is 0 Å². The summed E-state index contributed by atoms with van der Waals surface area (Å²) in [5.41, 5.74) is 5.43. The van der Waals surface area contributed by atoms with Crippen LogP contribution < -0.4 is 11.1 Å². The van der Waals surface area contributed by atoms with E-state index in [0.29, 0.717) is 18.9 Å². The van der Waals surface area contributed by atoms with E-state index in [9.17, 15) is 4.79 Å². The molecule has 3 N–H and O–H groups in total. The van der Waals surface area contributed by atoms with Crippen LogP contribution in [0.3, 0.4) is 0 Å². The van der Waals surface area contributed by atoms with Gasteiger partial charge in [-0.15, -0.1) is 0 Å². The van der Waals surface area contributed by atoms with Crippen LogP contribution in [-0.2, 0) is 4.79 Å². The molecule has 1 rings (SSSR count). The van der Waals surface area contributed by atoms with Crippen molar-refractivity contribution >= 4 is 5.91 Å². The van der Waals surface area contributed by atoms with Gasteiger partial charge in [-0.2, -0.15) is 0 Å². The third-order valence-electron chi connectivity index (χ3n) is 2.72. The van der Waals surface area contributed by atoms with Crippen LogP contribution in [0.4, 0.5) is 0 Å². The van der Waals surface area contributed by atoms with Crippen molar-refractivity contribution in [2.24, 2.45) is 11.7 Å². The minimum absolute atomic E-state index is 0.0987. The summed E-state index contributed by atoms with van der Waals surface area (Å²) >= 11 is 0. The second-order valence-electron chi connectivity index (χ2n) is 4.33. The van der Waals surface area contributed by atoms with E-state index in [1.807, 2.05) is 6.92 Å². The summed E-state index contributed by atoms with van der Waals surface area (Å²) in [6.07, 6.45) is 1.79. The normalized spacial score (nSPS) is 24.9. The number of carbonyl (C=O) groups is 1. The van der Waals surface area contributed by atoms with Gasteiger partial charge in [-0.25, -0.2) is 0 Å². The smallest absolute Gasteiger partial charge is 0.220 e. The molecule has 0 aromatic heterocycles. The lowest BCUT2D eigenvalue weighted by atomic mass is 10.0. The molecule has 4 nitrogen and oxygen atoms in total. The van der Waals surface area contributed by atoms with Gasteiger partial charge in [0.15, 0.2) is 0 Å². The van der Waals surface area contributed by atoms with Crippen LogP contribution >= 0.6 is 0 Å². The number of likely N-dealkylation sites (tertiary alicyclic amines) is 1. The van der Waals surface area contributed by atoms with Gasteiger partial charge in [-0.3, -0.25) is 4.79 Å². The number of hydrogen-bond donors (Lipinski definition) is 2. The van der Waals surface area contributed by atoms with Crippen LogP contribution in [0.2, 0.25) is 0 Å². The summed E-state index contributed by atoms with van der Waals surface area (Å²) in [7, 11) is 2.10. The molecule has 0 spiro atoms. The number of carbonyl (C=O) groups excluding carboxylic acids is 1. The molecular formula is C10H21N3O. The van der Waals surface area contributed by atoms with E-state index in [0.717, 1.165) is 19.5 Å². The Morgan fingerprint density at radius 1 is 1.71 bits per heavy atom. The van der Waals surface area contributed by atoms with Crippen molar-refractivity contribution in [2.75, 3.05) is 26.7 Å². The number of nitrogens with zero attached hydrogens (tertiary/aromatic N) is 1. The number of amides is 1. The van der Waals surface area contributed by atoms with E-state index in [-0.39, 0.29) is 11.9 Å². The third kappa shape index (κ3) is 3.64. The molecule has 1 aliphatic rings. The average Bonchev–Trinajstić information content (AvgIpc) is 2.50. The minimum atomic E-state index is 0.0987. The van der Waals surface area contributed by atoms with Crippen LogP contribution in [0.1, 0.15) is 19.8 Å². The summed E-state index contributed by atoms with van der Waals surface area (Å²) in [4.78, 5) is 13.8. The molecular weight excluding hydrogens is 178 g/mol. The van der Waals surface area contributed by atoms with Crippen LogP contribution in [0.25, 0.3) is 0 Å². The molecule has 1 fully saturated rings. The molecule has 1 heterocycles. The van der Waals surface area contributed by atoms with Crippen molar-refractivity contribution in [1.82, 2.24) is 10.2 Å². The Labute approximate surface area is 85.8 Å². The summed E-state index contributed by atoms with van der Waals surface area (Å²) in [5, 5.41) is 2.89. The first-order valence-electron chi connectivity index (χ1n) is 5.29. The fraction of sp³-hybridized carbons (Fsp3) is 0.900. The second-order valence-corrected chi connectivity index (χ2v) is 4.33. The molecule has 2 atom stereocenters. The molecule has 1 saturated heterocycles. The lowest BCUT2D eigenvalue weighted by molar-refractivity contribution is -0.122. The van der Waals surface area contributed by atoms with Gasteiger partial charge in [0.2, 0.25) is 5.91 Å². The summed E-state index contributed by atoms with van der Waals surface area (Å²) in [5.74, 6) is 0.674. The predicted molar refractivity (Wildman–Crippen MR) is 56.9 cm³/mol. The number of rotatable bonds is 4. The van der Waals surface area contributed by atoms with E-state index in [2.05, 4.69) is 17.3 Å². The van der Waals surface area contributed by atoms with Crippen molar-refractivity contribution in [3.63, 3.8) is 0 Å². The predicted octanol–water partition coefficient (Wildman–Crippen LogP) is -0.208. The molecule has 82 valence electrons. The first kappa shape index (κ1) is 11.5. The van der Waals surface area contributed by atoms with Crippen LogP contribution in [-0.4, -0.2) is 43.5 Å². The number of nitrogens with one attached hydrogen (secondary N) is 1. The van der Waals surface area contributed by atoms with Crippen LogP contribution in [0, 0.1) is 5.92 Å². The Bertz CT molecular complexity index is 196. The highest BCUT2D eigenvalue weighted by Gasteiger charge is 2.22. The minimum Gasteiger partial charge on any atom is -0.352 e. The van der Waals surface area contributed by atoms with Crippen molar-refractivity contribution in [2.45, 2.75) is 25.8 Å². The largest absolute Gasteiger partial charge is 0.352 e. The highest BCUT2D eigenvalue weighted by molar-refractivity contribution is 5.76. The lowest BCUT2D eigenvalue weighted by Crippen LogP contribution is -2.38. The van der Waals surface area contributed by atoms with Gasteiger partial charge < -0.3 is 16.0 Å². The maximum absolute atomic E-state index is 11.5. The fourth-order valence-electron chi connectivity index (χ4n) is 1.85. The molecule has 14 heavy (non-hydrogen) atoms. The average molecular weight is 199 g/mol. The Balaban J connectivity index is 2.20. The van der Waals surface area contributed by atoms with Gasteiger partial charge in [-0.1, -0.05) is 0 Å². The third-order valence-corrected chi connectivity index (χ3v) is 2.72. The zero-order valence-corrected chi connectivity index (χ0v) is 9.12.